The van der Waals surface area contributed by atoms with Crippen molar-refractivity contribution in [1.29, 1.82) is 0 Å². The molecule has 0 bridgehead atoms. The van der Waals surface area contributed by atoms with Crippen LogP contribution in [0.3, 0.4) is 0 Å². The van der Waals surface area contributed by atoms with Gasteiger partial charge in [0.2, 0.25) is 0 Å². The van der Waals surface area contributed by atoms with Gasteiger partial charge in [-0.2, -0.15) is 0 Å². The summed E-state index contributed by atoms with van der Waals surface area (Å²) in [5.41, 5.74) is 0. The van der Waals surface area contributed by atoms with Gasteiger partial charge in [-0.1, -0.05) is 6.92 Å². The minimum atomic E-state index is -0.0773. The quantitative estimate of drug-likeness (QED) is 0.786. The maximum Gasteiger partial charge on any atom is 0.0695 e. The van der Waals surface area contributed by atoms with Crippen molar-refractivity contribution in [3.05, 3.63) is 0 Å². The van der Waals surface area contributed by atoms with E-state index < -0.39 is 0 Å². The van der Waals surface area contributed by atoms with Gasteiger partial charge < -0.3 is 10.4 Å². The van der Waals surface area contributed by atoms with Crippen LogP contribution in [0.15, 0.2) is 0 Å². The van der Waals surface area contributed by atoms with Crippen molar-refractivity contribution in [2.75, 3.05) is 13.6 Å². The molecule has 0 heterocycles. The summed E-state index contributed by atoms with van der Waals surface area (Å²) < 4.78 is 0. The summed E-state index contributed by atoms with van der Waals surface area (Å²) in [5.74, 6) is 0. The van der Waals surface area contributed by atoms with Crippen LogP contribution >= 0.6 is 0 Å². The average molecular weight is 240 g/mol. The minimum absolute atomic E-state index is 0.0773. The van der Waals surface area contributed by atoms with Gasteiger partial charge in [0, 0.05) is 18.1 Å². The van der Waals surface area contributed by atoms with Crippen LogP contribution < -0.4 is 5.32 Å². The zero-order chi connectivity index (χ0) is 12.3. The maximum absolute atomic E-state index is 9.97. The lowest BCUT2D eigenvalue weighted by Gasteiger charge is -2.39. The van der Waals surface area contributed by atoms with Crippen molar-refractivity contribution in [2.45, 2.75) is 76.1 Å². The van der Waals surface area contributed by atoms with Gasteiger partial charge in [0.25, 0.3) is 0 Å². The summed E-state index contributed by atoms with van der Waals surface area (Å²) in [6.45, 7) is 3.28. The number of hydrogen-bond donors (Lipinski definition) is 2. The molecule has 2 rings (SSSR count). The molecule has 2 fully saturated rings. The molecule has 0 radical (unpaired) electrons. The lowest BCUT2D eigenvalue weighted by atomic mass is 9.89. The van der Waals surface area contributed by atoms with Crippen LogP contribution in [-0.2, 0) is 0 Å². The topological polar surface area (TPSA) is 35.5 Å². The SMILES string of the molecule is CCNC1CCC(N(C)C2CCCC2O)CC1. The Kier molecular flexibility index (Phi) is 4.83. The van der Waals surface area contributed by atoms with Crippen LogP contribution in [0.5, 0.6) is 0 Å². The monoisotopic (exact) mass is 240 g/mol. The van der Waals surface area contributed by atoms with Gasteiger partial charge in [0.1, 0.15) is 0 Å². The summed E-state index contributed by atoms with van der Waals surface area (Å²) in [6, 6.07) is 1.86. The van der Waals surface area contributed by atoms with Crippen molar-refractivity contribution in [3.63, 3.8) is 0 Å². The zero-order valence-electron chi connectivity index (χ0n) is 11.4. The average Bonchev–Trinajstić information content (AvgIpc) is 2.76. The second-order valence-corrected chi connectivity index (χ2v) is 5.79. The third-order valence-electron chi connectivity index (χ3n) is 4.73. The van der Waals surface area contributed by atoms with Gasteiger partial charge in [0.05, 0.1) is 6.10 Å². The van der Waals surface area contributed by atoms with E-state index in [4.69, 9.17) is 0 Å². The van der Waals surface area contributed by atoms with Crippen LogP contribution in [0.4, 0.5) is 0 Å². The third-order valence-corrected chi connectivity index (χ3v) is 4.73. The minimum Gasteiger partial charge on any atom is -0.391 e. The molecule has 0 aromatic rings. The molecule has 0 saturated heterocycles. The van der Waals surface area contributed by atoms with E-state index in [1.165, 1.54) is 38.5 Å². The first-order valence-electron chi connectivity index (χ1n) is 7.35. The molecule has 17 heavy (non-hydrogen) atoms. The summed E-state index contributed by atoms with van der Waals surface area (Å²) in [5, 5.41) is 13.5. The molecule has 100 valence electrons. The normalized spacial score (nSPS) is 38.8. The summed E-state index contributed by atoms with van der Waals surface area (Å²) in [6.07, 6.45) is 8.48. The van der Waals surface area contributed by atoms with Crippen LogP contribution in [0, 0.1) is 0 Å². The van der Waals surface area contributed by atoms with Crippen molar-refractivity contribution in [2.24, 2.45) is 0 Å². The van der Waals surface area contributed by atoms with E-state index in [1.54, 1.807) is 0 Å². The predicted octanol–water partition coefficient (Wildman–Crippen LogP) is 1.75. The number of hydrogen-bond acceptors (Lipinski definition) is 3. The Morgan fingerprint density at radius 1 is 1.12 bits per heavy atom. The van der Waals surface area contributed by atoms with Crippen molar-refractivity contribution >= 4 is 0 Å². The molecule has 2 N–H and O–H groups in total. The largest absolute Gasteiger partial charge is 0.391 e. The van der Waals surface area contributed by atoms with Crippen molar-refractivity contribution in [3.8, 4) is 0 Å². The molecular weight excluding hydrogens is 212 g/mol. The fourth-order valence-corrected chi connectivity index (χ4v) is 3.64. The zero-order valence-corrected chi connectivity index (χ0v) is 11.4. The second-order valence-electron chi connectivity index (χ2n) is 5.79. The van der Waals surface area contributed by atoms with E-state index in [-0.39, 0.29) is 6.10 Å². The Hall–Kier alpha value is -0.120. The lowest BCUT2D eigenvalue weighted by Crippen LogP contribution is -2.47. The maximum atomic E-state index is 9.97. The summed E-state index contributed by atoms with van der Waals surface area (Å²) in [4.78, 5) is 2.47. The molecule has 0 spiro atoms. The Labute approximate surface area is 106 Å². The first kappa shape index (κ1) is 13.3. The second kappa shape index (κ2) is 6.17. The molecule has 2 unspecified atom stereocenters. The Bertz CT molecular complexity index is 226. The van der Waals surface area contributed by atoms with Gasteiger partial charge in [-0.05, 0) is 58.5 Å². The van der Waals surface area contributed by atoms with Crippen molar-refractivity contribution < 1.29 is 5.11 Å². The highest BCUT2D eigenvalue weighted by Crippen LogP contribution is 2.29. The standard InChI is InChI=1S/C14H28N2O/c1-3-15-11-7-9-12(10-8-11)16(2)13-5-4-6-14(13)17/h11-15,17H,3-10H2,1-2H3. The molecule has 0 amide bonds. The highest BCUT2D eigenvalue weighted by molar-refractivity contribution is 4.89. The predicted molar refractivity (Wildman–Crippen MR) is 71.1 cm³/mol. The molecular formula is C14H28N2O. The number of rotatable bonds is 4. The van der Waals surface area contributed by atoms with Gasteiger partial charge in [-0.3, -0.25) is 4.90 Å². The van der Waals surface area contributed by atoms with E-state index >= 15 is 0 Å². The Morgan fingerprint density at radius 3 is 2.35 bits per heavy atom. The smallest absolute Gasteiger partial charge is 0.0695 e. The molecule has 0 aromatic heterocycles. The van der Waals surface area contributed by atoms with Gasteiger partial charge >= 0.3 is 0 Å². The first-order valence-corrected chi connectivity index (χ1v) is 7.35. The number of aliphatic hydroxyl groups is 1. The Morgan fingerprint density at radius 2 is 1.82 bits per heavy atom. The van der Waals surface area contributed by atoms with Gasteiger partial charge in [-0.25, -0.2) is 0 Å². The number of aliphatic hydroxyl groups excluding tert-OH is 1. The van der Waals surface area contributed by atoms with E-state index in [9.17, 15) is 5.11 Å². The van der Waals surface area contributed by atoms with E-state index in [2.05, 4.69) is 24.2 Å². The highest BCUT2D eigenvalue weighted by Gasteiger charge is 2.33. The van der Waals surface area contributed by atoms with Crippen LogP contribution in [-0.4, -0.2) is 47.8 Å². The number of nitrogens with one attached hydrogen (secondary N) is 1. The molecule has 0 aromatic carbocycles. The molecule has 3 nitrogen and oxygen atoms in total. The van der Waals surface area contributed by atoms with Crippen molar-refractivity contribution in [1.82, 2.24) is 10.2 Å². The number of nitrogens with zero attached hydrogens (tertiary/aromatic N) is 1. The van der Waals surface area contributed by atoms with Crippen LogP contribution in [0.25, 0.3) is 0 Å². The first-order chi connectivity index (χ1) is 8.22. The molecule has 0 aliphatic heterocycles. The summed E-state index contributed by atoms with van der Waals surface area (Å²) >= 11 is 0. The third kappa shape index (κ3) is 3.21. The van der Waals surface area contributed by atoms with E-state index in [1.807, 2.05) is 0 Å². The molecule has 2 atom stereocenters. The summed E-state index contributed by atoms with van der Waals surface area (Å²) in [7, 11) is 2.22. The molecule has 2 aliphatic rings. The fourth-order valence-electron chi connectivity index (χ4n) is 3.64. The fraction of sp³-hybridized carbons (Fsp3) is 1.00. The Balaban J connectivity index is 1.79. The number of likely N-dealkylation sites (N-methyl/N-ethyl adjacent to an activating group) is 1. The van der Waals surface area contributed by atoms with E-state index in [0.29, 0.717) is 12.1 Å². The van der Waals surface area contributed by atoms with Crippen LogP contribution in [0.2, 0.25) is 0 Å². The van der Waals surface area contributed by atoms with Gasteiger partial charge in [-0.15, -0.1) is 0 Å². The lowest BCUT2D eigenvalue weighted by molar-refractivity contribution is 0.0468. The molecule has 2 saturated carbocycles. The molecule has 3 heteroatoms. The van der Waals surface area contributed by atoms with Crippen LogP contribution in [0.1, 0.15) is 51.9 Å². The highest BCUT2D eigenvalue weighted by atomic mass is 16.3. The van der Waals surface area contributed by atoms with E-state index in [0.717, 1.165) is 19.0 Å². The molecule has 2 aliphatic carbocycles. The van der Waals surface area contributed by atoms with Gasteiger partial charge in [0.15, 0.2) is 0 Å².